The standard InChI is InChI=1S/C22H29NO2P2/c1-14-10-11-15(2)26(14)19-20(27-16(3)12-13-17(27)4)22(25)23(21(19)24)18-8-6-5-7-9-18/h5-9,14-17H,10-13H2,1-4H3. The predicted octanol–water partition coefficient (Wildman–Crippen LogP) is 5.88. The van der Waals surface area contributed by atoms with Crippen molar-refractivity contribution in [3.63, 3.8) is 0 Å². The van der Waals surface area contributed by atoms with Gasteiger partial charge in [0.2, 0.25) is 0 Å². The molecule has 4 unspecified atom stereocenters. The van der Waals surface area contributed by atoms with E-state index < -0.39 is 15.8 Å². The summed E-state index contributed by atoms with van der Waals surface area (Å²) in [5, 5.41) is 1.89. The third-order valence-corrected chi connectivity index (χ3v) is 13.3. The zero-order valence-electron chi connectivity index (χ0n) is 16.7. The van der Waals surface area contributed by atoms with E-state index in [-0.39, 0.29) is 11.8 Å². The van der Waals surface area contributed by atoms with E-state index in [0.717, 1.165) is 16.3 Å². The molecule has 5 heteroatoms. The maximum atomic E-state index is 13.6. The van der Waals surface area contributed by atoms with Crippen LogP contribution in [-0.4, -0.2) is 34.5 Å². The van der Waals surface area contributed by atoms with Gasteiger partial charge in [0.15, 0.2) is 0 Å². The molecule has 27 heavy (non-hydrogen) atoms. The molecule has 1 aromatic rings. The second-order valence-electron chi connectivity index (χ2n) is 8.34. The van der Waals surface area contributed by atoms with Crippen LogP contribution in [0.2, 0.25) is 0 Å². The van der Waals surface area contributed by atoms with E-state index in [9.17, 15) is 9.59 Å². The average molecular weight is 401 g/mol. The van der Waals surface area contributed by atoms with Gasteiger partial charge in [-0.05, 0) is 60.5 Å². The highest BCUT2D eigenvalue weighted by Crippen LogP contribution is 2.70. The fourth-order valence-corrected chi connectivity index (χ4v) is 12.3. The summed E-state index contributed by atoms with van der Waals surface area (Å²) in [4.78, 5) is 28.8. The second-order valence-corrected chi connectivity index (χ2v) is 14.4. The molecule has 0 aromatic heterocycles. The molecule has 2 fully saturated rings. The first-order chi connectivity index (χ1) is 12.9. The molecule has 3 heterocycles. The number of anilines is 1. The van der Waals surface area contributed by atoms with Crippen LogP contribution in [0, 0.1) is 0 Å². The Morgan fingerprint density at radius 3 is 1.44 bits per heavy atom. The van der Waals surface area contributed by atoms with Crippen LogP contribution in [0.1, 0.15) is 53.4 Å². The van der Waals surface area contributed by atoms with Gasteiger partial charge >= 0.3 is 0 Å². The number of nitrogens with zero attached hydrogens (tertiary/aromatic N) is 1. The molecule has 0 N–H and O–H groups in total. The van der Waals surface area contributed by atoms with Crippen molar-refractivity contribution in [2.45, 2.75) is 76.0 Å². The van der Waals surface area contributed by atoms with Gasteiger partial charge in [-0.15, -0.1) is 0 Å². The Bertz CT molecular complexity index is 725. The molecule has 0 spiro atoms. The Morgan fingerprint density at radius 1 is 0.704 bits per heavy atom. The van der Waals surface area contributed by atoms with Crippen LogP contribution in [0.3, 0.4) is 0 Å². The number of carbonyl (C=O) groups is 2. The maximum absolute atomic E-state index is 13.6. The molecule has 2 amide bonds. The van der Waals surface area contributed by atoms with Crippen molar-refractivity contribution < 1.29 is 9.59 Å². The molecule has 3 aliphatic heterocycles. The summed E-state index contributed by atoms with van der Waals surface area (Å²) in [6.45, 7) is 9.16. The van der Waals surface area contributed by atoms with E-state index >= 15 is 0 Å². The van der Waals surface area contributed by atoms with E-state index in [1.165, 1.54) is 30.6 Å². The van der Waals surface area contributed by atoms with Gasteiger partial charge < -0.3 is 0 Å². The highest BCUT2D eigenvalue weighted by Gasteiger charge is 2.51. The lowest BCUT2D eigenvalue weighted by atomic mass is 10.2. The number of carbonyl (C=O) groups excluding carboxylic acids is 2. The van der Waals surface area contributed by atoms with Gasteiger partial charge in [0, 0.05) is 0 Å². The van der Waals surface area contributed by atoms with Crippen molar-refractivity contribution >= 4 is 33.3 Å². The zero-order chi connectivity index (χ0) is 19.3. The number of rotatable bonds is 3. The van der Waals surface area contributed by atoms with E-state index in [1.807, 2.05) is 30.3 Å². The first kappa shape index (κ1) is 19.3. The summed E-state index contributed by atoms with van der Waals surface area (Å²) in [6, 6.07) is 9.53. The molecular weight excluding hydrogens is 372 g/mol. The molecule has 4 atom stereocenters. The Labute approximate surface area is 165 Å². The number of hydrogen-bond donors (Lipinski definition) is 0. The minimum absolute atomic E-state index is 0.0123. The van der Waals surface area contributed by atoms with Gasteiger partial charge in [-0.1, -0.05) is 61.7 Å². The molecule has 1 aromatic carbocycles. The molecule has 3 nitrogen and oxygen atoms in total. The Balaban J connectivity index is 1.85. The predicted molar refractivity (Wildman–Crippen MR) is 116 cm³/mol. The maximum Gasteiger partial charge on any atom is 0.266 e. The van der Waals surface area contributed by atoms with Crippen molar-refractivity contribution in [3.8, 4) is 0 Å². The van der Waals surface area contributed by atoms with E-state index in [4.69, 9.17) is 0 Å². The lowest BCUT2D eigenvalue weighted by Gasteiger charge is -2.26. The van der Waals surface area contributed by atoms with Gasteiger partial charge in [-0.3, -0.25) is 9.59 Å². The Morgan fingerprint density at radius 2 is 1.07 bits per heavy atom. The molecule has 3 aliphatic rings. The quantitative estimate of drug-likeness (QED) is 0.469. The van der Waals surface area contributed by atoms with E-state index in [2.05, 4.69) is 27.7 Å². The van der Waals surface area contributed by atoms with Gasteiger partial charge in [0.25, 0.3) is 11.8 Å². The number of benzene rings is 1. The van der Waals surface area contributed by atoms with Gasteiger partial charge in [0.05, 0.1) is 16.3 Å². The number of hydrogen-bond acceptors (Lipinski definition) is 2. The SMILES string of the molecule is CC1CCC(C)P1C1=C(P2C(C)CCC2C)C(=O)N(c2ccccc2)C1=O. The third-order valence-electron chi connectivity index (χ3n) is 6.47. The van der Waals surface area contributed by atoms with Crippen LogP contribution in [0.15, 0.2) is 41.0 Å². The third kappa shape index (κ3) is 3.12. The molecule has 0 saturated carbocycles. The van der Waals surface area contributed by atoms with Crippen LogP contribution in [0.5, 0.6) is 0 Å². The number of amides is 2. The van der Waals surface area contributed by atoms with Gasteiger partial charge in [-0.2, -0.15) is 0 Å². The van der Waals surface area contributed by atoms with Crippen LogP contribution in [0.4, 0.5) is 5.69 Å². The molecule has 0 aliphatic carbocycles. The molecule has 4 rings (SSSR count). The molecular formula is C22H29NO2P2. The molecule has 0 bridgehead atoms. The smallest absolute Gasteiger partial charge is 0.266 e. The fraction of sp³-hybridized carbons (Fsp3) is 0.545. The van der Waals surface area contributed by atoms with Crippen molar-refractivity contribution in [1.82, 2.24) is 0 Å². The van der Waals surface area contributed by atoms with Crippen molar-refractivity contribution in [1.29, 1.82) is 0 Å². The summed E-state index contributed by atoms with van der Waals surface area (Å²) >= 11 is 0. The van der Waals surface area contributed by atoms with Crippen molar-refractivity contribution in [2.75, 3.05) is 4.90 Å². The minimum atomic E-state index is -0.561. The topological polar surface area (TPSA) is 37.4 Å². The van der Waals surface area contributed by atoms with Gasteiger partial charge in [0.1, 0.15) is 0 Å². The first-order valence-electron chi connectivity index (χ1n) is 10.2. The number of imide groups is 1. The summed E-state index contributed by atoms with van der Waals surface area (Å²) in [5.41, 5.74) is 2.88. The summed E-state index contributed by atoms with van der Waals surface area (Å²) in [6.07, 6.45) is 4.72. The van der Waals surface area contributed by atoms with Gasteiger partial charge in [-0.25, -0.2) is 4.90 Å². The van der Waals surface area contributed by atoms with Crippen molar-refractivity contribution in [3.05, 3.63) is 41.0 Å². The second kappa shape index (κ2) is 7.41. The normalized spacial score (nSPS) is 37.0. The van der Waals surface area contributed by atoms with E-state index in [0.29, 0.717) is 22.6 Å². The van der Waals surface area contributed by atoms with Crippen molar-refractivity contribution in [2.24, 2.45) is 0 Å². The number of para-hydroxylation sites is 1. The largest absolute Gasteiger partial charge is 0.268 e. The van der Waals surface area contributed by atoms with Crippen LogP contribution >= 0.6 is 15.8 Å². The van der Waals surface area contributed by atoms with E-state index in [1.54, 1.807) is 0 Å². The Hall–Kier alpha value is -1.04. The Kier molecular flexibility index (Phi) is 5.30. The van der Waals surface area contributed by atoms with Crippen LogP contribution in [-0.2, 0) is 9.59 Å². The highest BCUT2D eigenvalue weighted by atomic mass is 31.1. The van der Waals surface area contributed by atoms with Crippen LogP contribution in [0.25, 0.3) is 0 Å². The monoisotopic (exact) mass is 401 g/mol. The fourth-order valence-electron chi connectivity index (χ4n) is 5.06. The zero-order valence-corrected chi connectivity index (χ0v) is 18.5. The average Bonchev–Trinajstić information content (AvgIpc) is 3.23. The summed E-state index contributed by atoms with van der Waals surface area (Å²) < 4.78 is 0. The lowest BCUT2D eigenvalue weighted by Crippen LogP contribution is -2.31. The van der Waals surface area contributed by atoms with Crippen LogP contribution < -0.4 is 4.90 Å². The first-order valence-corrected chi connectivity index (χ1v) is 13.1. The molecule has 2 saturated heterocycles. The highest BCUT2D eigenvalue weighted by molar-refractivity contribution is 7.70. The minimum Gasteiger partial charge on any atom is -0.268 e. The lowest BCUT2D eigenvalue weighted by molar-refractivity contribution is -0.120. The summed E-state index contributed by atoms with van der Waals surface area (Å²) in [7, 11) is -1.12. The summed E-state index contributed by atoms with van der Waals surface area (Å²) in [5.74, 6) is -0.0246. The molecule has 144 valence electrons. The molecule has 0 radical (unpaired) electrons.